The van der Waals surface area contributed by atoms with Crippen molar-refractivity contribution in [3.63, 3.8) is 0 Å². The number of carbonyl (C=O) groups excluding carboxylic acids is 1. The smallest absolute Gasteiger partial charge is 0.411 e. The number of nitrogens with zero attached hydrogens (tertiary/aromatic N) is 2. The van der Waals surface area contributed by atoms with Crippen LogP contribution in [0, 0.1) is 0 Å². The third-order valence-electron chi connectivity index (χ3n) is 4.99. The second-order valence-corrected chi connectivity index (χ2v) is 8.21. The number of rotatable bonds is 4. The molecule has 25 heavy (non-hydrogen) atoms. The van der Waals surface area contributed by atoms with Crippen LogP contribution in [0.15, 0.2) is 30.3 Å². The summed E-state index contributed by atoms with van der Waals surface area (Å²) in [5.74, 6) is 0. The number of benzene rings is 1. The summed E-state index contributed by atoms with van der Waals surface area (Å²) in [5.41, 5.74) is -0.0995. The van der Waals surface area contributed by atoms with Gasteiger partial charge in [-0.2, -0.15) is 0 Å². The summed E-state index contributed by atoms with van der Waals surface area (Å²) in [5, 5.41) is 0. The van der Waals surface area contributed by atoms with Gasteiger partial charge in [-0.15, -0.1) is 0 Å². The zero-order valence-corrected chi connectivity index (χ0v) is 15.3. The predicted octanol–water partition coefficient (Wildman–Crippen LogP) is 3.29. The molecular formula is C20H30N2O3. The SMILES string of the molecule is [2H]C([2H])([2H])OCC12CCC(CN(Cc3ccccc3)C1)N2C(=O)OC(C)(C)C. The molecule has 0 saturated carbocycles. The summed E-state index contributed by atoms with van der Waals surface area (Å²) in [6.07, 6.45) is 1.14. The van der Waals surface area contributed by atoms with Gasteiger partial charge in [0.2, 0.25) is 0 Å². The van der Waals surface area contributed by atoms with Gasteiger partial charge in [0, 0.05) is 32.7 Å². The van der Waals surface area contributed by atoms with Crippen molar-refractivity contribution in [3.8, 4) is 0 Å². The van der Waals surface area contributed by atoms with Crippen LogP contribution in [0.5, 0.6) is 0 Å². The standard InChI is InChI=1S/C20H30N2O3/c1-19(2,3)25-18(23)22-17-10-11-20(22,15-24-4)14-21(13-17)12-16-8-6-5-7-9-16/h5-9,17H,10-15H2,1-4H3/i4D3. The summed E-state index contributed by atoms with van der Waals surface area (Å²) in [6.45, 7) is 7.55. The average molecular weight is 349 g/mol. The van der Waals surface area contributed by atoms with Gasteiger partial charge in [0.1, 0.15) is 5.60 Å². The fraction of sp³-hybridized carbons (Fsp3) is 0.650. The number of carbonyl (C=O) groups is 1. The van der Waals surface area contributed by atoms with Crippen LogP contribution >= 0.6 is 0 Å². The zero-order valence-electron chi connectivity index (χ0n) is 18.3. The van der Waals surface area contributed by atoms with Crippen LogP contribution < -0.4 is 0 Å². The lowest BCUT2D eigenvalue weighted by Crippen LogP contribution is -2.65. The number of fused-ring (bicyclic) bond motifs is 2. The number of amides is 1. The molecule has 0 aliphatic carbocycles. The molecule has 5 heteroatoms. The van der Waals surface area contributed by atoms with Gasteiger partial charge in [0.15, 0.2) is 0 Å². The van der Waals surface area contributed by atoms with Crippen molar-refractivity contribution in [2.75, 3.05) is 26.7 Å². The van der Waals surface area contributed by atoms with Crippen LogP contribution in [0.25, 0.3) is 0 Å². The first-order chi connectivity index (χ1) is 13.0. The first-order valence-electron chi connectivity index (χ1n) is 10.4. The first-order valence-corrected chi connectivity index (χ1v) is 8.90. The van der Waals surface area contributed by atoms with Gasteiger partial charge in [0.25, 0.3) is 0 Å². The first kappa shape index (κ1) is 14.6. The molecule has 0 N–H and O–H groups in total. The second-order valence-electron chi connectivity index (χ2n) is 8.21. The van der Waals surface area contributed by atoms with E-state index in [0.29, 0.717) is 13.0 Å². The number of methoxy groups -OCH3 is 1. The van der Waals surface area contributed by atoms with Gasteiger partial charge in [-0.05, 0) is 39.2 Å². The third kappa shape index (κ3) is 3.98. The topological polar surface area (TPSA) is 42.0 Å². The Morgan fingerprint density at radius 1 is 1.36 bits per heavy atom. The highest BCUT2D eigenvalue weighted by Crippen LogP contribution is 2.40. The van der Waals surface area contributed by atoms with Gasteiger partial charge in [-0.1, -0.05) is 30.3 Å². The van der Waals surface area contributed by atoms with Crippen molar-refractivity contribution in [2.45, 2.75) is 57.3 Å². The Morgan fingerprint density at radius 3 is 2.80 bits per heavy atom. The van der Waals surface area contributed by atoms with E-state index in [9.17, 15) is 4.79 Å². The maximum atomic E-state index is 13.0. The second kappa shape index (κ2) is 6.96. The maximum absolute atomic E-state index is 13.0. The molecule has 1 amide bonds. The van der Waals surface area contributed by atoms with E-state index in [4.69, 9.17) is 13.6 Å². The lowest BCUT2D eigenvalue weighted by molar-refractivity contribution is -0.0577. The van der Waals surface area contributed by atoms with Crippen LogP contribution in [0.4, 0.5) is 4.79 Å². The molecular weight excluding hydrogens is 316 g/mol. The summed E-state index contributed by atoms with van der Waals surface area (Å²) in [4.78, 5) is 17.0. The van der Waals surface area contributed by atoms with Crippen LogP contribution in [0.3, 0.4) is 0 Å². The number of ether oxygens (including phenoxy) is 2. The average Bonchev–Trinajstić information content (AvgIpc) is 2.81. The molecule has 2 heterocycles. The minimum Gasteiger partial charge on any atom is -0.444 e. The highest BCUT2D eigenvalue weighted by molar-refractivity contribution is 5.70. The van der Waals surface area contributed by atoms with Crippen molar-refractivity contribution in [1.29, 1.82) is 0 Å². The van der Waals surface area contributed by atoms with E-state index in [1.54, 1.807) is 4.90 Å². The molecule has 1 aromatic carbocycles. The highest BCUT2D eigenvalue weighted by Gasteiger charge is 2.54. The molecule has 138 valence electrons. The Kier molecular flexibility index (Phi) is 4.06. The van der Waals surface area contributed by atoms with Crippen LogP contribution in [-0.2, 0) is 16.0 Å². The third-order valence-corrected chi connectivity index (χ3v) is 4.99. The molecule has 2 saturated heterocycles. The molecule has 0 aromatic heterocycles. The Hall–Kier alpha value is -1.59. The van der Waals surface area contributed by atoms with E-state index in [1.807, 2.05) is 39.0 Å². The maximum Gasteiger partial charge on any atom is 0.411 e. The zero-order chi connectivity index (χ0) is 20.6. The Labute approximate surface area is 155 Å². The van der Waals surface area contributed by atoms with Gasteiger partial charge in [-0.3, -0.25) is 9.80 Å². The minimum atomic E-state index is -2.49. The van der Waals surface area contributed by atoms with Gasteiger partial charge in [0.05, 0.1) is 16.3 Å². The van der Waals surface area contributed by atoms with Gasteiger partial charge < -0.3 is 9.47 Å². The quantitative estimate of drug-likeness (QED) is 0.836. The van der Waals surface area contributed by atoms with Crippen molar-refractivity contribution in [1.82, 2.24) is 9.80 Å². The molecule has 2 aliphatic heterocycles. The van der Waals surface area contributed by atoms with E-state index < -0.39 is 18.2 Å². The number of likely N-dealkylation sites (tertiary alicyclic amines) is 1. The summed E-state index contributed by atoms with van der Waals surface area (Å²) in [6, 6.07) is 10.1. The number of piperazine rings is 1. The van der Waals surface area contributed by atoms with E-state index in [-0.39, 0.29) is 18.7 Å². The monoisotopic (exact) mass is 349 g/mol. The van der Waals surface area contributed by atoms with Crippen molar-refractivity contribution in [3.05, 3.63) is 35.9 Å². The number of hydrogen-bond acceptors (Lipinski definition) is 4. The van der Waals surface area contributed by atoms with Gasteiger partial charge >= 0.3 is 6.09 Å². The summed E-state index contributed by atoms with van der Waals surface area (Å²) < 4.78 is 33.2. The van der Waals surface area contributed by atoms with Crippen molar-refractivity contribution < 1.29 is 18.4 Å². The molecule has 2 atom stereocenters. The molecule has 3 rings (SSSR count). The van der Waals surface area contributed by atoms with Crippen LogP contribution in [0.1, 0.15) is 43.3 Å². The summed E-state index contributed by atoms with van der Waals surface area (Å²) in [7, 11) is -2.49. The predicted molar refractivity (Wildman–Crippen MR) is 97.4 cm³/mol. The van der Waals surface area contributed by atoms with Gasteiger partial charge in [-0.25, -0.2) is 4.79 Å². The van der Waals surface area contributed by atoms with Crippen LogP contribution in [0.2, 0.25) is 0 Å². The highest BCUT2D eigenvalue weighted by atomic mass is 16.6. The molecule has 1 aromatic rings. The Bertz CT molecular complexity index is 690. The molecule has 2 fully saturated rings. The van der Waals surface area contributed by atoms with E-state index in [0.717, 1.165) is 19.5 Å². The normalized spacial score (nSPS) is 29.0. The lowest BCUT2D eigenvalue weighted by atomic mass is 9.95. The van der Waals surface area contributed by atoms with E-state index >= 15 is 0 Å². The minimum absolute atomic E-state index is 0.00693. The van der Waals surface area contributed by atoms with Crippen LogP contribution in [-0.4, -0.2) is 59.8 Å². The summed E-state index contributed by atoms with van der Waals surface area (Å²) >= 11 is 0. The molecule has 2 bridgehead atoms. The lowest BCUT2D eigenvalue weighted by Gasteiger charge is -2.48. The van der Waals surface area contributed by atoms with E-state index in [1.165, 1.54) is 5.56 Å². The Morgan fingerprint density at radius 2 is 2.12 bits per heavy atom. The molecule has 0 spiro atoms. The fourth-order valence-corrected chi connectivity index (χ4v) is 4.12. The molecule has 2 unspecified atom stereocenters. The van der Waals surface area contributed by atoms with E-state index in [2.05, 4.69) is 17.0 Å². The Balaban J connectivity index is 1.82. The molecule has 0 radical (unpaired) electrons. The molecule has 5 nitrogen and oxygen atoms in total. The fourth-order valence-electron chi connectivity index (χ4n) is 4.12. The molecule has 2 aliphatic rings. The van der Waals surface area contributed by atoms with Crippen molar-refractivity contribution in [2.24, 2.45) is 0 Å². The van der Waals surface area contributed by atoms with Crippen molar-refractivity contribution >= 4 is 6.09 Å². The largest absolute Gasteiger partial charge is 0.444 e. The number of hydrogen-bond donors (Lipinski definition) is 0.